The minimum Gasteiger partial charge on any atom is -0.298 e. The van der Waals surface area contributed by atoms with Crippen molar-refractivity contribution in [2.45, 2.75) is 24.0 Å². The number of anilines is 1. The molecule has 5 heteroatoms. The van der Waals surface area contributed by atoms with Crippen LogP contribution in [0.25, 0.3) is 32.5 Å². The summed E-state index contributed by atoms with van der Waals surface area (Å²) in [5, 5.41) is 6.62. The largest absolute Gasteiger partial charge is 0.298 e. The van der Waals surface area contributed by atoms with E-state index >= 15 is 0 Å². The molecule has 0 aliphatic heterocycles. The number of carbonyl (C=O) groups excluding carboxylic acids is 1. The van der Waals surface area contributed by atoms with Gasteiger partial charge in [-0.15, -0.1) is 11.8 Å². The van der Waals surface area contributed by atoms with E-state index in [-0.39, 0.29) is 5.91 Å². The maximum atomic E-state index is 12.7. The Bertz CT molecular complexity index is 1150. The molecule has 1 aliphatic rings. The fraction of sp³-hybridized carbons (Fsp3) is 0.130. The Morgan fingerprint density at radius 3 is 2.43 bits per heavy atom. The van der Waals surface area contributed by atoms with Crippen LogP contribution in [0.15, 0.2) is 65.6 Å². The summed E-state index contributed by atoms with van der Waals surface area (Å²) in [6.07, 6.45) is 0. The van der Waals surface area contributed by atoms with E-state index in [2.05, 4.69) is 55.6 Å². The molecule has 0 saturated heterocycles. The van der Waals surface area contributed by atoms with Crippen molar-refractivity contribution in [2.75, 3.05) is 5.32 Å². The van der Waals surface area contributed by atoms with Crippen molar-refractivity contribution in [2.24, 2.45) is 0 Å². The first-order chi connectivity index (χ1) is 13.6. The van der Waals surface area contributed by atoms with Crippen LogP contribution in [0.1, 0.15) is 24.2 Å². The molecule has 138 valence electrons. The van der Waals surface area contributed by atoms with Gasteiger partial charge in [0.25, 0.3) is 5.91 Å². The lowest BCUT2D eigenvalue weighted by Gasteiger charge is -2.06. The van der Waals surface area contributed by atoms with Crippen LogP contribution in [0.5, 0.6) is 0 Å². The molecule has 1 amide bonds. The highest BCUT2D eigenvalue weighted by atomic mass is 32.2. The molecule has 0 atom stereocenters. The Morgan fingerprint density at radius 1 is 1.00 bits per heavy atom. The van der Waals surface area contributed by atoms with Gasteiger partial charge in [0.1, 0.15) is 0 Å². The third-order valence-electron chi connectivity index (χ3n) is 4.74. The van der Waals surface area contributed by atoms with Crippen molar-refractivity contribution >= 4 is 44.9 Å². The molecule has 1 N–H and O–H groups in total. The number of carbonyl (C=O) groups is 1. The van der Waals surface area contributed by atoms with Crippen LogP contribution < -0.4 is 5.32 Å². The van der Waals surface area contributed by atoms with Crippen molar-refractivity contribution < 1.29 is 4.79 Å². The molecule has 0 spiro atoms. The van der Waals surface area contributed by atoms with E-state index in [0.717, 1.165) is 16.1 Å². The van der Waals surface area contributed by atoms with E-state index in [9.17, 15) is 4.79 Å². The predicted octanol–water partition coefficient (Wildman–Crippen LogP) is 6.70. The molecule has 1 aliphatic carbocycles. The summed E-state index contributed by atoms with van der Waals surface area (Å²) in [6, 6.07) is 20.4. The topological polar surface area (TPSA) is 42.0 Å². The Morgan fingerprint density at radius 2 is 1.71 bits per heavy atom. The zero-order valence-electron chi connectivity index (χ0n) is 15.5. The van der Waals surface area contributed by atoms with Crippen molar-refractivity contribution in [1.82, 2.24) is 4.98 Å². The number of amides is 1. The molecule has 0 unspecified atom stereocenters. The molecule has 0 fully saturated rings. The van der Waals surface area contributed by atoms with Crippen LogP contribution in [0.4, 0.5) is 5.13 Å². The lowest BCUT2D eigenvalue weighted by Crippen LogP contribution is -2.11. The van der Waals surface area contributed by atoms with Crippen LogP contribution in [-0.2, 0) is 0 Å². The second-order valence-electron chi connectivity index (χ2n) is 7.05. The summed E-state index contributed by atoms with van der Waals surface area (Å²) in [4.78, 5) is 19.7. The molecule has 3 nitrogen and oxygen atoms in total. The monoisotopic (exact) mass is 402 g/mol. The Hall–Kier alpha value is -2.63. The molecular formula is C23H18N2OS2. The van der Waals surface area contributed by atoms with E-state index in [1.54, 1.807) is 11.8 Å². The second-order valence-corrected chi connectivity index (χ2v) is 9.70. The van der Waals surface area contributed by atoms with E-state index in [1.165, 1.54) is 32.6 Å². The third-order valence-corrected chi connectivity index (χ3v) is 6.76. The van der Waals surface area contributed by atoms with Gasteiger partial charge in [-0.2, -0.15) is 0 Å². The molecule has 28 heavy (non-hydrogen) atoms. The number of fused-ring (bicyclic) bond motifs is 3. The second kappa shape index (κ2) is 6.76. The van der Waals surface area contributed by atoms with Gasteiger partial charge < -0.3 is 0 Å². The van der Waals surface area contributed by atoms with Crippen LogP contribution in [0, 0.1) is 0 Å². The van der Waals surface area contributed by atoms with E-state index < -0.39 is 0 Å². The van der Waals surface area contributed by atoms with Gasteiger partial charge in [0, 0.05) is 26.8 Å². The maximum absolute atomic E-state index is 12.7. The molecule has 1 aromatic heterocycles. The zero-order valence-corrected chi connectivity index (χ0v) is 17.2. The van der Waals surface area contributed by atoms with E-state index in [0.29, 0.717) is 15.9 Å². The predicted molar refractivity (Wildman–Crippen MR) is 119 cm³/mol. The average molecular weight is 403 g/mol. The van der Waals surface area contributed by atoms with Crippen LogP contribution in [-0.4, -0.2) is 16.1 Å². The van der Waals surface area contributed by atoms with Gasteiger partial charge >= 0.3 is 0 Å². The van der Waals surface area contributed by atoms with Gasteiger partial charge in [0.05, 0.1) is 10.6 Å². The molecular weight excluding hydrogens is 384 g/mol. The summed E-state index contributed by atoms with van der Waals surface area (Å²) >= 11 is 3.33. The molecule has 5 rings (SSSR count). The minimum atomic E-state index is -0.125. The molecule has 1 heterocycles. The number of benzene rings is 3. The van der Waals surface area contributed by atoms with Crippen molar-refractivity contribution in [3.63, 3.8) is 0 Å². The fourth-order valence-electron chi connectivity index (χ4n) is 3.59. The zero-order chi connectivity index (χ0) is 19.3. The standard InChI is InChI=1S/C23H18N2OS2/c1-13(2)27-16-11-9-15(10-12-16)22(26)25-23-24-20-17-7-3-5-14-6-4-8-18(19(14)17)21(20)28-23/h3-13H,1-2H3,(H,24,25,26). The van der Waals surface area contributed by atoms with Gasteiger partial charge in [0.15, 0.2) is 5.13 Å². The van der Waals surface area contributed by atoms with Gasteiger partial charge in [-0.05, 0) is 35.0 Å². The van der Waals surface area contributed by atoms with E-state index in [1.807, 2.05) is 24.3 Å². The lowest BCUT2D eigenvalue weighted by atomic mass is 10.0. The summed E-state index contributed by atoms with van der Waals surface area (Å²) in [6.45, 7) is 4.32. The van der Waals surface area contributed by atoms with Gasteiger partial charge in [0.2, 0.25) is 0 Å². The van der Waals surface area contributed by atoms with Crippen molar-refractivity contribution in [3.05, 3.63) is 66.2 Å². The summed E-state index contributed by atoms with van der Waals surface area (Å²) in [5.74, 6) is -0.125. The van der Waals surface area contributed by atoms with Crippen LogP contribution in [0.3, 0.4) is 0 Å². The number of hydrogen-bond acceptors (Lipinski definition) is 4. The number of nitrogens with zero attached hydrogens (tertiary/aromatic N) is 1. The van der Waals surface area contributed by atoms with Gasteiger partial charge in [-0.3, -0.25) is 10.1 Å². The quantitative estimate of drug-likeness (QED) is 0.340. The average Bonchev–Trinajstić information content (AvgIpc) is 3.22. The Kier molecular flexibility index (Phi) is 4.22. The van der Waals surface area contributed by atoms with Gasteiger partial charge in [-0.25, -0.2) is 4.98 Å². The Labute approximate surface area is 171 Å². The minimum absolute atomic E-state index is 0.125. The first-order valence-corrected chi connectivity index (χ1v) is 10.9. The summed E-state index contributed by atoms with van der Waals surface area (Å²) < 4.78 is 0. The third kappa shape index (κ3) is 2.91. The number of rotatable bonds is 4. The highest BCUT2D eigenvalue weighted by Crippen LogP contribution is 2.50. The molecule has 0 saturated carbocycles. The number of hydrogen-bond donors (Lipinski definition) is 1. The highest BCUT2D eigenvalue weighted by molar-refractivity contribution is 7.99. The Balaban J connectivity index is 1.41. The van der Waals surface area contributed by atoms with Crippen molar-refractivity contribution in [3.8, 4) is 21.7 Å². The number of nitrogens with one attached hydrogen (secondary N) is 1. The highest BCUT2D eigenvalue weighted by Gasteiger charge is 2.26. The maximum Gasteiger partial charge on any atom is 0.257 e. The molecule has 0 radical (unpaired) electrons. The fourth-order valence-corrected chi connectivity index (χ4v) is 5.44. The number of aromatic nitrogens is 1. The van der Waals surface area contributed by atoms with Gasteiger partial charge in [-0.1, -0.05) is 61.6 Å². The molecule has 0 bridgehead atoms. The van der Waals surface area contributed by atoms with Crippen LogP contribution >= 0.6 is 23.1 Å². The van der Waals surface area contributed by atoms with Crippen molar-refractivity contribution in [1.29, 1.82) is 0 Å². The first kappa shape index (κ1) is 17.5. The lowest BCUT2D eigenvalue weighted by molar-refractivity contribution is 0.102. The summed E-state index contributed by atoms with van der Waals surface area (Å²) in [7, 11) is 0. The first-order valence-electron chi connectivity index (χ1n) is 9.21. The van der Waals surface area contributed by atoms with Crippen LogP contribution in [0.2, 0.25) is 0 Å². The number of thiazole rings is 1. The normalized spacial score (nSPS) is 11.8. The molecule has 3 aromatic carbocycles. The summed E-state index contributed by atoms with van der Waals surface area (Å²) in [5.41, 5.74) is 3.97. The molecule has 4 aromatic rings. The smallest absolute Gasteiger partial charge is 0.257 e. The number of thioether (sulfide) groups is 1. The van der Waals surface area contributed by atoms with E-state index in [4.69, 9.17) is 4.98 Å². The SMILES string of the molecule is CC(C)Sc1ccc(C(=O)Nc2nc3c(s2)-c2cccc4cccc-3c24)cc1.